The lowest BCUT2D eigenvalue weighted by Gasteiger charge is -2.18. The highest BCUT2D eigenvalue weighted by Gasteiger charge is 2.27. The molecule has 0 aliphatic carbocycles. The topological polar surface area (TPSA) is 0 Å². The van der Waals surface area contributed by atoms with Crippen molar-refractivity contribution in [1.82, 2.24) is 0 Å². The zero-order valence-electron chi connectivity index (χ0n) is 18.4. The van der Waals surface area contributed by atoms with E-state index in [4.69, 9.17) is 0 Å². The number of hydrogen-bond donors (Lipinski definition) is 0. The Hall–Kier alpha value is -3.33. The number of hydrogen-bond acceptors (Lipinski definition) is 2. The van der Waals surface area contributed by atoms with Crippen LogP contribution in [0, 0.1) is 0 Å². The van der Waals surface area contributed by atoms with Gasteiger partial charge in [-0.25, -0.2) is 0 Å². The Kier molecular flexibility index (Phi) is 3.96. The zero-order valence-corrected chi connectivity index (χ0v) is 20.0. The van der Waals surface area contributed by atoms with Gasteiger partial charge in [-0.15, -0.1) is 23.1 Å². The van der Waals surface area contributed by atoms with Gasteiger partial charge in [-0.3, -0.25) is 0 Å². The molecule has 1 unspecified atom stereocenters. The summed E-state index contributed by atoms with van der Waals surface area (Å²) in [6, 6.07) is 38.7. The van der Waals surface area contributed by atoms with Gasteiger partial charge in [-0.1, -0.05) is 72.8 Å². The Morgan fingerprint density at radius 2 is 1.35 bits per heavy atom. The molecule has 0 amide bonds. The molecule has 2 heterocycles. The normalized spacial score (nSPS) is 15.7. The van der Waals surface area contributed by atoms with E-state index < -0.39 is 0 Å². The third kappa shape index (κ3) is 2.61. The fourth-order valence-corrected chi connectivity index (χ4v) is 8.26. The molecule has 34 heavy (non-hydrogen) atoms. The van der Waals surface area contributed by atoms with Crippen molar-refractivity contribution in [3.05, 3.63) is 114 Å². The van der Waals surface area contributed by atoms with Crippen LogP contribution < -0.4 is 0 Å². The molecule has 0 nitrogen and oxygen atoms in total. The summed E-state index contributed by atoms with van der Waals surface area (Å²) in [5.41, 5.74) is 2.94. The van der Waals surface area contributed by atoms with E-state index in [0.717, 1.165) is 5.75 Å². The summed E-state index contributed by atoms with van der Waals surface area (Å²) in [4.78, 5) is 1.43. The summed E-state index contributed by atoms with van der Waals surface area (Å²) in [7, 11) is 0. The molecule has 1 aliphatic heterocycles. The molecule has 0 spiro atoms. The Bertz CT molecular complexity index is 1930. The standard InChI is InChI=1S/C32H20S2/c1-2-8-21-19(7-1)13-14-24-26(28-18-33-29-11-5-3-10-23(28)29)15-20-16-27-22-9-4-6-12-30(22)34-31(27)17-25(20)32(21)24/h1-17,28H,18H2. The molecule has 2 heteroatoms. The van der Waals surface area contributed by atoms with Crippen molar-refractivity contribution in [3.8, 4) is 0 Å². The van der Waals surface area contributed by atoms with E-state index in [1.807, 2.05) is 23.1 Å². The van der Waals surface area contributed by atoms with E-state index in [9.17, 15) is 0 Å². The van der Waals surface area contributed by atoms with Crippen molar-refractivity contribution < 1.29 is 0 Å². The van der Waals surface area contributed by atoms with Gasteiger partial charge in [0, 0.05) is 36.7 Å². The Labute approximate surface area is 205 Å². The zero-order chi connectivity index (χ0) is 22.2. The number of thiophene rings is 1. The lowest BCUT2D eigenvalue weighted by Crippen LogP contribution is -2.01. The van der Waals surface area contributed by atoms with Crippen molar-refractivity contribution >= 4 is 75.6 Å². The van der Waals surface area contributed by atoms with Gasteiger partial charge in [-0.05, 0) is 73.8 Å². The lowest BCUT2D eigenvalue weighted by molar-refractivity contribution is 0.950. The van der Waals surface area contributed by atoms with Crippen LogP contribution in [0.3, 0.4) is 0 Å². The monoisotopic (exact) mass is 468 g/mol. The summed E-state index contributed by atoms with van der Waals surface area (Å²) in [5.74, 6) is 1.53. The van der Waals surface area contributed by atoms with E-state index in [0.29, 0.717) is 5.92 Å². The van der Waals surface area contributed by atoms with Crippen molar-refractivity contribution in [2.24, 2.45) is 0 Å². The minimum absolute atomic E-state index is 0.421. The van der Waals surface area contributed by atoms with Gasteiger partial charge in [0.05, 0.1) is 0 Å². The van der Waals surface area contributed by atoms with E-state index in [2.05, 4.69) is 103 Å². The largest absolute Gasteiger partial charge is 0.135 e. The quantitative estimate of drug-likeness (QED) is 0.216. The van der Waals surface area contributed by atoms with Crippen LogP contribution in [0.5, 0.6) is 0 Å². The molecule has 8 rings (SSSR count). The molecule has 7 aromatic rings. The number of fused-ring (bicyclic) bond motifs is 9. The predicted octanol–water partition coefficient (Wildman–Crippen LogP) is 9.75. The molecule has 1 aromatic heterocycles. The van der Waals surface area contributed by atoms with Crippen molar-refractivity contribution in [2.45, 2.75) is 10.8 Å². The summed E-state index contributed by atoms with van der Waals surface area (Å²) < 4.78 is 2.74. The first-order chi connectivity index (χ1) is 16.8. The van der Waals surface area contributed by atoms with Crippen LogP contribution in [-0.4, -0.2) is 5.75 Å². The minimum Gasteiger partial charge on any atom is -0.135 e. The highest BCUT2D eigenvalue weighted by Crippen LogP contribution is 2.48. The predicted molar refractivity (Wildman–Crippen MR) is 151 cm³/mol. The highest BCUT2D eigenvalue weighted by molar-refractivity contribution is 7.99. The maximum absolute atomic E-state index is 2.49. The highest BCUT2D eigenvalue weighted by atomic mass is 32.2. The maximum atomic E-state index is 2.49. The number of thioether (sulfide) groups is 1. The Morgan fingerprint density at radius 3 is 2.32 bits per heavy atom. The molecule has 0 N–H and O–H groups in total. The molecule has 0 saturated carbocycles. The molecule has 1 aliphatic rings. The summed E-state index contributed by atoms with van der Waals surface area (Å²) >= 11 is 3.90. The first-order valence-corrected chi connectivity index (χ1v) is 13.6. The van der Waals surface area contributed by atoms with Gasteiger partial charge in [0.25, 0.3) is 0 Å². The third-order valence-electron chi connectivity index (χ3n) is 7.44. The molecular formula is C32H20S2. The van der Waals surface area contributed by atoms with Gasteiger partial charge in [0.2, 0.25) is 0 Å². The molecule has 0 radical (unpaired) electrons. The average molecular weight is 469 g/mol. The average Bonchev–Trinajstić information content (AvgIpc) is 3.48. The smallest absolute Gasteiger partial charge is 0.0362 e. The Balaban J connectivity index is 1.55. The fourth-order valence-electron chi connectivity index (χ4n) is 5.88. The van der Waals surface area contributed by atoms with Gasteiger partial charge >= 0.3 is 0 Å². The van der Waals surface area contributed by atoms with Crippen molar-refractivity contribution in [2.75, 3.05) is 5.75 Å². The van der Waals surface area contributed by atoms with Crippen molar-refractivity contribution in [1.29, 1.82) is 0 Å². The van der Waals surface area contributed by atoms with E-state index in [1.54, 1.807) is 0 Å². The van der Waals surface area contributed by atoms with Crippen LogP contribution in [0.4, 0.5) is 0 Å². The molecule has 1 atom stereocenters. The van der Waals surface area contributed by atoms with E-state index in [-0.39, 0.29) is 0 Å². The van der Waals surface area contributed by atoms with E-state index in [1.165, 1.54) is 68.5 Å². The molecular weight excluding hydrogens is 448 g/mol. The maximum Gasteiger partial charge on any atom is 0.0362 e. The summed E-state index contributed by atoms with van der Waals surface area (Å²) in [6.07, 6.45) is 0. The van der Waals surface area contributed by atoms with Gasteiger partial charge in [0.1, 0.15) is 0 Å². The number of rotatable bonds is 1. The first kappa shape index (κ1) is 19.0. The first-order valence-electron chi connectivity index (χ1n) is 11.8. The van der Waals surface area contributed by atoms with Crippen molar-refractivity contribution in [3.63, 3.8) is 0 Å². The Morgan fingerprint density at radius 1 is 0.529 bits per heavy atom. The molecule has 6 aromatic carbocycles. The summed E-state index contributed by atoms with van der Waals surface area (Å²) in [6.45, 7) is 0. The second-order valence-electron chi connectivity index (χ2n) is 9.24. The van der Waals surface area contributed by atoms with Crippen LogP contribution in [-0.2, 0) is 0 Å². The van der Waals surface area contributed by atoms with Gasteiger partial charge in [-0.2, -0.15) is 0 Å². The van der Waals surface area contributed by atoms with Crippen LogP contribution in [0.1, 0.15) is 17.0 Å². The minimum atomic E-state index is 0.421. The van der Waals surface area contributed by atoms with Crippen LogP contribution >= 0.6 is 23.1 Å². The fraction of sp³-hybridized carbons (Fsp3) is 0.0625. The molecule has 0 fully saturated rings. The van der Waals surface area contributed by atoms with Crippen LogP contribution in [0.25, 0.3) is 52.5 Å². The molecule has 0 bridgehead atoms. The lowest BCUT2D eigenvalue weighted by atomic mass is 9.85. The second-order valence-corrected chi connectivity index (χ2v) is 11.4. The van der Waals surface area contributed by atoms with Crippen LogP contribution in [0.15, 0.2) is 108 Å². The van der Waals surface area contributed by atoms with E-state index >= 15 is 0 Å². The molecule has 160 valence electrons. The van der Waals surface area contributed by atoms with Gasteiger partial charge < -0.3 is 0 Å². The summed E-state index contributed by atoms with van der Waals surface area (Å²) in [5, 5.41) is 10.9. The third-order valence-corrected chi connectivity index (χ3v) is 9.76. The SMILES string of the molecule is c1ccc2c(c1)SCC2c1cc2cc3c(cc2c2c1ccc1ccccc12)sc1ccccc13. The second kappa shape index (κ2) is 7.09. The van der Waals surface area contributed by atoms with Crippen LogP contribution in [0.2, 0.25) is 0 Å². The van der Waals surface area contributed by atoms with Gasteiger partial charge in [0.15, 0.2) is 0 Å². The molecule has 0 saturated heterocycles. The number of benzene rings is 6.